The zero-order chi connectivity index (χ0) is 16.4. The first kappa shape index (κ1) is 15.3. The zero-order valence-electron chi connectivity index (χ0n) is 13.3. The van der Waals surface area contributed by atoms with Gasteiger partial charge < -0.3 is 15.6 Å². The van der Waals surface area contributed by atoms with Crippen molar-refractivity contribution in [2.45, 2.75) is 38.8 Å². The van der Waals surface area contributed by atoms with E-state index < -0.39 is 0 Å². The summed E-state index contributed by atoms with van der Waals surface area (Å²) < 4.78 is 0. The topological polar surface area (TPSA) is 74.0 Å². The number of H-pyrrole nitrogens is 1. The average molecular weight is 311 g/mol. The lowest BCUT2D eigenvalue weighted by atomic mass is 10.1. The minimum atomic E-state index is -0.229. The van der Waals surface area contributed by atoms with Gasteiger partial charge in [-0.25, -0.2) is 4.79 Å². The number of nitrogens with one attached hydrogen (secondary N) is 3. The molecule has 2 amide bonds. The van der Waals surface area contributed by atoms with Gasteiger partial charge in [0.15, 0.2) is 0 Å². The van der Waals surface area contributed by atoms with Crippen molar-refractivity contribution in [1.29, 1.82) is 0 Å². The first-order valence-electron chi connectivity index (χ1n) is 7.83. The van der Waals surface area contributed by atoms with E-state index in [2.05, 4.69) is 27.8 Å². The fourth-order valence-corrected chi connectivity index (χ4v) is 2.91. The molecule has 1 fully saturated rings. The molecule has 5 heteroatoms. The summed E-state index contributed by atoms with van der Waals surface area (Å²) in [5.74, 6) is 0.395. The van der Waals surface area contributed by atoms with Crippen molar-refractivity contribution in [3.63, 3.8) is 0 Å². The van der Waals surface area contributed by atoms with E-state index >= 15 is 0 Å². The highest BCUT2D eigenvalue weighted by atomic mass is 16.2. The van der Waals surface area contributed by atoms with Gasteiger partial charge in [0.2, 0.25) is 0 Å². The fraction of sp³-hybridized carbons (Fsp3) is 0.333. The van der Waals surface area contributed by atoms with Gasteiger partial charge in [-0.1, -0.05) is 30.3 Å². The number of pyridine rings is 1. The van der Waals surface area contributed by atoms with E-state index in [1.54, 1.807) is 0 Å². The number of carbonyl (C=O) groups excluding carboxylic acids is 1. The van der Waals surface area contributed by atoms with Gasteiger partial charge in [0, 0.05) is 23.2 Å². The molecule has 1 aromatic carbocycles. The van der Waals surface area contributed by atoms with Gasteiger partial charge in [0.1, 0.15) is 0 Å². The number of amides is 2. The lowest BCUT2D eigenvalue weighted by molar-refractivity contribution is 0.240. The van der Waals surface area contributed by atoms with E-state index in [0.29, 0.717) is 11.5 Å². The van der Waals surface area contributed by atoms with Crippen molar-refractivity contribution in [2.75, 3.05) is 0 Å². The minimum absolute atomic E-state index is 0.142. The first-order chi connectivity index (χ1) is 11.0. The molecular weight excluding hydrogens is 290 g/mol. The summed E-state index contributed by atoms with van der Waals surface area (Å²) in [7, 11) is 0. The van der Waals surface area contributed by atoms with E-state index in [0.717, 1.165) is 17.7 Å². The fourth-order valence-electron chi connectivity index (χ4n) is 2.91. The SMILES string of the molecule is Cc1cc(C)c(CNC(=O)N[C@H]2C[C@H]2c2ccccc2)c(=O)[nH]1. The van der Waals surface area contributed by atoms with Crippen molar-refractivity contribution < 1.29 is 4.79 Å². The monoisotopic (exact) mass is 311 g/mol. The van der Waals surface area contributed by atoms with E-state index in [1.165, 1.54) is 5.56 Å². The Morgan fingerprint density at radius 2 is 2.00 bits per heavy atom. The van der Waals surface area contributed by atoms with Gasteiger partial charge >= 0.3 is 6.03 Å². The van der Waals surface area contributed by atoms with Crippen LogP contribution in [0.5, 0.6) is 0 Å². The lowest BCUT2D eigenvalue weighted by Crippen LogP contribution is -2.38. The Hall–Kier alpha value is -2.56. The highest BCUT2D eigenvalue weighted by Gasteiger charge is 2.39. The third-order valence-corrected chi connectivity index (χ3v) is 4.25. The van der Waals surface area contributed by atoms with Crippen LogP contribution in [-0.2, 0) is 6.54 Å². The van der Waals surface area contributed by atoms with Crippen LogP contribution >= 0.6 is 0 Å². The second kappa shape index (κ2) is 6.28. The number of aromatic amines is 1. The molecule has 0 spiro atoms. The van der Waals surface area contributed by atoms with E-state index in [9.17, 15) is 9.59 Å². The van der Waals surface area contributed by atoms with Crippen molar-refractivity contribution in [2.24, 2.45) is 0 Å². The van der Waals surface area contributed by atoms with Crippen LogP contribution in [0.25, 0.3) is 0 Å². The standard InChI is InChI=1S/C18H21N3O2/c1-11-8-12(2)20-17(22)15(11)10-19-18(23)21-16-9-14(16)13-6-4-3-5-7-13/h3-8,14,16H,9-10H2,1-2H3,(H,20,22)(H2,19,21,23)/t14-,16-/m0/s1. The van der Waals surface area contributed by atoms with Crippen molar-refractivity contribution in [3.8, 4) is 0 Å². The molecule has 1 aliphatic rings. The molecule has 3 N–H and O–H groups in total. The average Bonchev–Trinajstić information content (AvgIpc) is 3.26. The molecule has 23 heavy (non-hydrogen) atoms. The van der Waals surface area contributed by atoms with Gasteiger partial charge in [0.25, 0.3) is 5.56 Å². The number of rotatable bonds is 4. The summed E-state index contributed by atoms with van der Waals surface area (Å²) in [5, 5.41) is 5.73. The summed E-state index contributed by atoms with van der Waals surface area (Å²) in [6, 6.07) is 12.0. The largest absolute Gasteiger partial charge is 0.335 e. The molecule has 5 nitrogen and oxygen atoms in total. The maximum absolute atomic E-state index is 12.0. The molecule has 3 rings (SSSR count). The van der Waals surface area contributed by atoms with Crippen LogP contribution in [0.1, 0.15) is 34.7 Å². The van der Waals surface area contributed by atoms with Gasteiger partial charge in [0.05, 0.1) is 6.54 Å². The summed E-state index contributed by atoms with van der Waals surface area (Å²) >= 11 is 0. The molecule has 0 unspecified atom stereocenters. The van der Waals surface area contributed by atoms with Crippen LogP contribution in [0.4, 0.5) is 4.79 Å². The Bertz CT molecular complexity index is 768. The second-order valence-corrected chi connectivity index (χ2v) is 6.13. The predicted molar refractivity (Wildman–Crippen MR) is 89.5 cm³/mol. The highest BCUT2D eigenvalue weighted by Crippen LogP contribution is 2.40. The van der Waals surface area contributed by atoms with E-state index in [4.69, 9.17) is 0 Å². The molecule has 1 saturated carbocycles. The molecule has 2 atom stereocenters. The van der Waals surface area contributed by atoms with Crippen LogP contribution in [0.15, 0.2) is 41.2 Å². The molecule has 120 valence electrons. The Morgan fingerprint density at radius 3 is 2.70 bits per heavy atom. The third kappa shape index (κ3) is 3.62. The Labute approximate surface area is 135 Å². The van der Waals surface area contributed by atoms with Crippen molar-refractivity contribution in [1.82, 2.24) is 15.6 Å². The number of carbonyl (C=O) groups is 1. The molecule has 0 aliphatic heterocycles. The highest BCUT2D eigenvalue weighted by molar-refractivity contribution is 5.75. The van der Waals surface area contributed by atoms with Gasteiger partial charge in [-0.05, 0) is 37.5 Å². The number of aryl methyl sites for hydroxylation is 2. The lowest BCUT2D eigenvalue weighted by Gasteiger charge is -2.09. The van der Waals surface area contributed by atoms with E-state index in [-0.39, 0.29) is 24.2 Å². The minimum Gasteiger partial charge on any atom is -0.335 e. The van der Waals surface area contributed by atoms with Crippen molar-refractivity contribution >= 4 is 6.03 Å². The number of urea groups is 1. The third-order valence-electron chi connectivity index (χ3n) is 4.25. The summed E-state index contributed by atoms with van der Waals surface area (Å²) in [4.78, 5) is 26.7. The number of hydrogen-bond acceptors (Lipinski definition) is 2. The molecule has 2 aromatic rings. The Kier molecular flexibility index (Phi) is 4.19. The van der Waals surface area contributed by atoms with Crippen LogP contribution < -0.4 is 16.2 Å². The van der Waals surface area contributed by atoms with Gasteiger partial charge in [-0.3, -0.25) is 4.79 Å². The van der Waals surface area contributed by atoms with Crippen LogP contribution in [-0.4, -0.2) is 17.1 Å². The van der Waals surface area contributed by atoms with Crippen LogP contribution in [0.2, 0.25) is 0 Å². The smallest absolute Gasteiger partial charge is 0.315 e. The van der Waals surface area contributed by atoms with Gasteiger partial charge in [-0.15, -0.1) is 0 Å². The summed E-state index contributed by atoms with van der Waals surface area (Å²) in [6.45, 7) is 3.95. The molecule has 1 aliphatic carbocycles. The number of benzene rings is 1. The number of hydrogen-bond donors (Lipinski definition) is 3. The van der Waals surface area contributed by atoms with Crippen LogP contribution in [0, 0.1) is 13.8 Å². The number of aromatic nitrogens is 1. The van der Waals surface area contributed by atoms with Gasteiger partial charge in [-0.2, -0.15) is 0 Å². The molecule has 0 bridgehead atoms. The molecule has 0 saturated heterocycles. The molecule has 0 radical (unpaired) electrons. The van der Waals surface area contributed by atoms with Crippen LogP contribution in [0.3, 0.4) is 0 Å². The predicted octanol–water partition coefficient (Wildman–Crippen LogP) is 2.35. The second-order valence-electron chi connectivity index (χ2n) is 6.13. The first-order valence-corrected chi connectivity index (χ1v) is 7.83. The van der Waals surface area contributed by atoms with E-state index in [1.807, 2.05) is 38.1 Å². The van der Waals surface area contributed by atoms with Crippen molar-refractivity contribution in [3.05, 3.63) is 69.1 Å². The normalized spacial score (nSPS) is 19.2. The zero-order valence-corrected chi connectivity index (χ0v) is 13.3. The Morgan fingerprint density at radius 1 is 1.26 bits per heavy atom. The molecule has 1 aromatic heterocycles. The quantitative estimate of drug-likeness (QED) is 0.811. The maximum atomic E-state index is 12.0. The summed E-state index contributed by atoms with van der Waals surface area (Å²) in [6.07, 6.45) is 0.960. The summed E-state index contributed by atoms with van der Waals surface area (Å²) in [5.41, 5.74) is 3.42. The molecular formula is C18H21N3O2. The Balaban J connectivity index is 1.53. The molecule has 1 heterocycles. The maximum Gasteiger partial charge on any atom is 0.315 e.